The quantitative estimate of drug-likeness (QED) is 0.471. The molecular formula is C14H20O2. The molecule has 2 nitrogen and oxygen atoms in total. The summed E-state index contributed by atoms with van der Waals surface area (Å²) < 4.78 is 5.56. The van der Waals surface area contributed by atoms with E-state index in [9.17, 15) is 4.79 Å². The second kappa shape index (κ2) is 9.10. The average molecular weight is 220 g/mol. The molecule has 0 aliphatic heterocycles. The number of benzene rings is 1. The lowest BCUT2D eigenvalue weighted by atomic mass is 10.2. The monoisotopic (exact) mass is 220 g/mol. The van der Waals surface area contributed by atoms with Gasteiger partial charge in [0.15, 0.2) is 0 Å². The van der Waals surface area contributed by atoms with Crippen molar-refractivity contribution in [2.45, 2.75) is 38.7 Å². The molecule has 0 aliphatic rings. The standard InChI is InChI=1S/C14H20O2/c15-11-7-2-1-3-8-12-16-13-14-9-5-4-6-10-14/h4-6,9-11H,1-3,7-8,12-13H2. The SMILES string of the molecule is O=CCCCCCCOCc1ccccc1. The lowest BCUT2D eigenvalue weighted by Crippen LogP contribution is -1.95. The van der Waals surface area contributed by atoms with Crippen molar-refractivity contribution < 1.29 is 9.53 Å². The van der Waals surface area contributed by atoms with Crippen molar-refractivity contribution in [3.05, 3.63) is 35.9 Å². The first-order valence-electron chi connectivity index (χ1n) is 5.99. The molecule has 1 aromatic rings. The second-order valence-electron chi connectivity index (χ2n) is 3.91. The molecule has 2 heteroatoms. The van der Waals surface area contributed by atoms with Crippen molar-refractivity contribution >= 4 is 6.29 Å². The summed E-state index contributed by atoms with van der Waals surface area (Å²) in [6, 6.07) is 10.2. The van der Waals surface area contributed by atoms with E-state index in [1.54, 1.807) is 0 Å². The maximum Gasteiger partial charge on any atom is 0.119 e. The number of hydrogen-bond donors (Lipinski definition) is 0. The molecule has 0 heterocycles. The van der Waals surface area contributed by atoms with E-state index >= 15 is 0 Å². The Morgan fingerprint density at radius 1 is 1.00 bits per heavy atom. The smallest absolute Gasteiger partial charge is 0.119 e. The van der Waals surface area contributed by atoms with E-state index in [2.05, 4.69) is 12.1 Å². The van der Waals surface area contributed by atoms with Crippen LogP contribution in [-0.2, 0) is 16.1 Å². The Balaban J connectivity index is 1.90. The minimum Gasteiger partial charge on any atom is -0.377 e. The number of carbonyl (C=O) groups excluding carboxylic acids is 1. The maximum atomic E-state index is 10.1. The number of aldehydes is 1. The van der Waals surface area contributed by atoms with Gasteiger partial charge in [0.05, 0.1) is 6.61 Å². The van der Waals surface area contributed by atoms with Gasteiger partial charge < -0.3 is 9.53 Å². The molecule has 16 heavy (non-hydrogen) atoms. The Bertz CT molecular complexity index is 269. The number of unbranched alkanes of at least 4 members (excludes halogenated alkanes) is 4. The summed E-state index contributed by atoms with van der Waals surface area (Å²) in [5, 5.41) is 0. The fourth-order valence-electron chi connectivity index (χ4n) is 1.55. The first kappa shape index (κ1) is 12.9. The van der Waals surface area contributed by atoms with E-state index in [0.29, 0.717) is 13.0 Å². The van der Waals surface area contributed by atoms with Crippen LogP contribution in [0.2, 0.25) is 0 Å². The van der Waals surface area contributed by atoms with Crippen molar-refractivity contribution in [1.29, 1.82) is 0 Å². The Kier molecular flexibility index (Phi) is 7.35. The van der Waals surface area contributed by atoms with Gasteiger partial charge in [-0.05, 0) is 18.4 Å². The lowest BCUT2D eigenvalue weighted by Gasteiger charge is -2.03. The molecule has 88 valence electrons. The molecular weight excluding hydrogens is 200 g/mol. The topological polar surface area (TPSA) is 26.3 Å². The number of carbonyl (C=O) groups is 1. The van der Waals surface area contributed by atoms with Crippen LogP contribution in [0.4, 0.5) is 0 Å². The molecule has 0 saturated heterocycles. The molecule has 0 amide bonds. The Morgan fingerprint density at radius 3 is 2.50 bits per heavy atom. The maximum absolute atomic E-state index is 10.1. The third-order valence-corrected chi connectivity index (χ3v) is 2.47. The van der Waals surface area contributed by atoms with Crippen molar-refractivity contribution in [2.24, 2.45) is 0 Å². The minimum atomic E-state index is 0.699. The summed E-state index contributed by atoms with van der Waals surface area (Å²) in [4.78, 5) is 10.1. The Hall–Kier alpha value is -1.15. The van der Waals surface area contributed by atoms with Gasteiger partial charge in [-0.1, -0.05) is 43.2 Å². The summed E-state index contributed by atoms with van der Waals surface area (Å²) in [6.07, 6.45) is 6.08. The van der Waals surface area contributed by atoms with E-state index in [4.69, 9.17) is 4.74 Å². The third kappa shape index (κ3) is 6.36. The highest BCUT2D eigenvalue weighted by molar-refractivity contribution is 5.48. The zero-order valence-corrected chi connectivity index (χ0v) is 9.73. The van der Waals surface area contributed by atoms with Crippen molar-refractivity contribution in [2.75, 3.05) is 6.61 Å². The predicted octanol–water partition coefficient (Wildman–Crippen LogP) is 3.35. The van der Waals surface area contributed by atoms with Crippen LogP contribution >= 0.6 is 0 Å². The van der Waals surface area contributed by atoms with E-state index < -0.39 is 0 Å². The van der Waals surface area contributed by atoms with Crippen LogP contribution in [0.5, 0.6) is 0 Å². The van der Waals surface area contributed by atoms with Crippen LogP contribution in [0.25, 0.3) is 0 Å². The zero-order chi connectivity index (χ0) is 11.5. The normalized spacial score (nSPS) is 10.2. The van der Waals surface area contributed by atoms with Crippen LogP contribution < -0.4 is 0 Å². The van der Waals surface area contributed by atoms with Gasteiger partial charge in [0.1, 0.15) is 6.29 Å². The molecule has 1 aromatic carbocycles. The van der Waals surface area contributed by atoms with Crippen LogP contribution in [0.15, 0.2) is 30.3 Å². The minimum absolute atomic E-state index is 0.699. The molecule has 0 bridgehead atoms. The summed E-state index contributed by atoms with van der Waals surface area (Å²) in [7, 11) is 0. The zero-order valence-electron chi connectivity index (χ0n) is 9.73. The van der Waals surface area contributed by atoms with Gasteiger partial charge in [-0.15, -0.1) is 0 Å². The van der Waals surface area contributed by atoms with E-state index in [-0.39, 0.29) is 0 Å². The van der Waals surface area contributed by atoms with Gasteiger partial charge in [0.25, 0.3) is 0 Å². The summed E-state index contributed by atoms with van der Waals surface area (Å²) in [5.74, 6) is 0. The second-order valence-corrected chi connectivity index (χ2v) is 3.91. The van der Waals surface area contributed by atoms with Crippen LogP contribution in [0.3, 0.4) is 0 Å². The fourth-order valence-corrected chi connectivity index (χ4v) is 1.55. The Morgan fingerprint density at radius 2 is 1.75 bits per heavy atom. The summed E-state index contributed by atoms with van der Waals surface area (Å²) in [5.41, 5.74) is 1.23. The Labute approximate surface area is 97.6 Å². The highest BCUT2D eigenvalue weighted by atomic mass is 16.5. The molecule has 0 spiro atoms. The van der Waals surface area contributed by atoms with E-state index in [1.807, 2.05) is 18.2 Å². The molecule has 0 atom stereocenters. The van der Waals surface area contributed by atoms with Gasteiger partial charge in [0.2, 0.25) is 0 Å². The first-order chi connectivity index (χ1) is 7.93. The van der Waals surface area contributed by atoms with Crippen molar-refractivity contribution in [3.8, 4) is 0 Å². The molecule has 0 saturated carbocycles. The molecule has 0 unspecified atom stereocenters. The molecule has 0 radical (unpaired) electrons. The molecule has 0 fully saturated rings. The average Bonchev–Trinajstić information content (AvgIpc) is 2.34. The van der Waals surface area contributed by atoms with Crippen LogP contribution in [0, 0.1) is 0 Å². The highest BCUT2D eigenvalue weighted by Crippen LogP contribution is 2.04. The van der Waals surface area contributed by atoms with Gasteiger partial charge >= 0.3 is 0 Å². The summed E-state index contributed by atoms with van der Waals surface area (Å²) in [6.45, 7) is 1.52. The van der Waals surface area contributed by atoms with E-state index in [1.165, 1.54) is 5.56 Å². The predicted molar refractivity (Wildman–Crippen MR) is 65.2 cm³/mol. The third-order valence-electron chi connectivity index (χ3n) is 2.47. The van der Waals surface area contributed by atoms with Crippen molar-refractivity contribution in [3.63, 3.8) is 0 Å². The number of rotatable bonds is 9. The molecule has 0 N–H and O–H groups in total. The lowest BCUT2D eigenvalue weighted by molar-refractivity contribution is -0.107. The molecule has 1 rings (SSSR count). The first-order valence-corrected chi connectivity index (χ1v) is 5.99. The van der Waals surface area contributed by atoms with E-state index in [0.717, 1.165) is 38.6 Å². The van der Waals surface area contributed by atoms with Crippen molar-refractivity contribution in [1.82, 2.24) is 0 Å². The number of ether oxygens (including phenoxy) is 1. The largest absolute Gasteiger partial charge is 0.377 e. The van der Waals surface area contributed by atoms with Gasteiger partial charge in [-0.3, -0.25) is 0 Å². The molecule has 0 aliphatic carbocycles. The fraction of sp³-hybridized carbons (Fsp3) is 0.500. The van der Waals surface area contributed by atoms with Gasteiger partial charge in [0, 0.05) is 13.0 Å². The van der Waals surface area contributed by atoms with Crippen LogP contribution in [0.1, 0.15) is 37.7 Å². The van der Waals surface area contributed by atoms with Gasteiger partial charge in [-0.2, -0.15) is 0 Å². The number of hydrogen-bond acceptors (Lipinski definition) is 2. The van der Waals surface area contributed by atoms with Crippen LogP contribution in [-0.4, -0.2) is 12.9 Å². The highest BCUT2D eigenvalue weighted by Gasteiger charge is 1.93. The van der Waals surface area contributed by atoms with Gasteiger partial charge in [-0.25, -0.2) is 0 Å². The molecule has 0 aromatic heterocycles. The summed E-state index contributed by atoms with van der Waals surface area (Å²) >= 11 is 0.